The first kappa shape index (κ1) is 15.8. The number of benzene rings is 2. The Morgan fingerprint density at radius 1 is 0.905 bits per heavy atom. The first-order chi connectivity index (χ1) is 9.68. The summed E-state index contributed by atoms with van der Waals surface area (Å²) < 4.78 is 16.0. The quantitative estimate of drug-likeness (QED) is 0.837. The fourth-order valence-electron chi connectivity index (χ4n) is 2.27. The first-order valence-electron chi connectivity index (χ1n) is 6.62. The highest BCUT2D eigenvalue weighted by Crippen LogP contribution is 2.44. The van der Waals surface area contributed by atoms with Crippen molar-refractivity contribution in [3.63, 3.8) is 0 Å². The molecule has 4 nitrogen and oxygen atoms in total. The van der Waals surface area contributed by atoms with Crippen LogP contribution in [0.15, 0.2) is 48.5 Å². The van der Waals surface area contributed by atoms with E-state index in [9.17, 15) is 4.57 Å². The van der Waals surface area contributed by atoms with E-state index < -0.39 is 7.82 Å². The van der Waals surface area contributed by atoms with Crippen molar-refractivity contribution in [3.8, 4) is 16.9 Å². The van der Waals surface area contributed by atoms with Gasteiger partial charge in [-0.15, -0.1) is 0 Å². The van der Waals surface area contributed by atoms with E-state index in [4.69, 9.17) is 14.3 Å². The second-order valence-electron chi connectivity index (χ2n) is 5.87. The Balaban J connectivity index is 2.61. The minimum atomic E-state index is -4.59. The van der Waals surface area contributed by atoms with Crippen molar-refractivity contribution in [3.05, 3.63) is 54.1 Å². The highest BCUT2D eigenvalue weighted by molar-refractivity contribution is 7.46. The molecular weight excluding hydrogens is 287 g/mol. The number of phosphoric ester groups is 1. The van der Waals surface area contributed by atoms with E-state index in [0.717, 1.165) is 11.1 Å². The van der Waals surface area contributed by atoms with Gasteiger partial charge in [-0.05, 0) is 22.6 Å². The summed E-state index contributed by atoms with van der Waals surface area (Å²) in [6.45, 7) is 6.29. The maximum atomic E-state index is 11.1. The number of para-hydroxylation sites is 1. The number of phosphoric acid groups is 1. The molecule has 0 aliphatic rings. The van der Waals surface area contributed by atoms with Gasteiger partial charge in [-0.3, -0.25) is 9.79 Å². The Kier molecular flexibility index (Phi) is 4.24. The highest BCUT2D eigenvalue weighted by atomic mass is 31.2. The number of hydrogen-bond acceptors (Lipinski definition) is 2. The molecule has 112 valence electrons. The van der Waals surface area contributed by atoms with Crippen molar-refractivity contribution in [2.75, 3.05) is 0 Å². The normalized spacial score (nSPS) is 12.2. The van der Waals surface area contributed by atoms with Crippen LogP contribution in [0.2, 0.25) is 0 Å². The predicted octanol–water partition coefficient (Wildman–Crippen LogP) is 4.12. The zero-order valence-electron chi connectivity index (χ0n) is 12.3. The minimum Gasteiger partial charge on any atom is -0.404 e. The molecule has 0 amide bonds. The van der Waals surface area contributed by atoms with Gasteiger partial charge < -0.3 is 4.52 Å². The molecule has 0 atom stereocenters. The zero-order valence-corrected chi connectivity index (χ0v) is 13.2. The molecule has 0 radical (unpaired) electrons. The van der Waals surface area contributed by atoms with Gasteiger partial charge in [0, 0.05) is 5.56 Å². The maximum Gasteiger partial charge on any atom is 0.524 e. The van der Waals surface area contributed by atoms with Gasteiger partial charge in [-0.25, -0.2) is 4.57 Å². The smallest absolute Gasteiger partial charge is 0.404 e. The summed E-state index contributed by atoms with van der Waals surface area (Å²) in [5, 5.41) is 0. The molecule has 21 heavy (non-hydrogen) atoms. The molecule has 0 aliphatic carbocycles. The van der Waals surface area contributed by atoms with Crippen LogP contribution in [0.3, 0.4) is 0 Å². The molecule has 0 unspecified atom stereocenters. The van der Waals surface area contributed by atoms with Gasteiger partial charge in [0.15, 0.2) is 0 Å². The fourth-order valence-corrected chi connectivity index (χ4v) is 2.68. The molecule has 2 aromatic rings. The Morgan fingerprint density at radius 2 is 1.43 bits per heavy atom. The molecule has 0 aliphatic heterocycles. The van der Waals surface area contributed by atoms with Crippen molar-refractivity contribution in [2.45, 2.75) is 26.2 Å². The Morgan fingerprint density at radius 3 is 2.00 bits per heavy atom. The predicted molar refractivity (Wildman–Crippen MR) is 83.3 cm³/mol. The summed E-state index contributed by atoms with van der Waals surface area (Å²) in [5.41, 5.74) is 2.58. The zero-order chi connectivity index (χ0) is 15.7. The molecule has 0 saturated heterocycles. The third-order valence-electron chi connectivity index (χ3n) is 3.13. The lowest BCUT2D eigenvalue weighted by Crippen LogP contribution is -2.12. The van der Waals surface area contributed by atoms with Crippen LogP contribution in [0.4, 0.5) is 0 Å². The van der Waals surface area contributed by atoms with Crippen molar-refractivity contribution in [1.29, 1.82) is 0 Å². The molecule has 5 heteroatoms. The average Bonchev–Trinajstić information content (AvgIpc) is 2.36. The minimum absolute atomic E-state index is 0.0914. The van der Waals surface area contributed by atoms with Crippen molar-refractivity contribution < 1.29 is 18.9 Å². The number of rotatable bonds is 3. The lowest BCUT2D eigenvalue weighted by molar-refractivity contribution is 0.283. The Hall–Kier alpha value is -1.61. The average molecular weight is 306 g/mol. The van der Waals surface area contributed by atoms with Crippen LogP contribution < -0.4 is 4.52 Å². The summed E-state index contributed by atoms with van der Waals surface area (Å²) in [7, 11) is -4.59. The summed E-state index contributed by atoms with van der Waals surface area (Å²) in [6.07, 6.45) is 0. The van der Waals surface area contributed by atoms with Crippen molar-refractivity contribution >= 4 is 7.82 Å². The van der Waals surface area contributed by atoms with Crippen molar-refractivity contribution in [1.82, 2.24) is 0 Å². The van der Waals surface area contributed by atoms with E-state index in [1.54, 1.807) is 18.2 Å². The largest absolute Gasteiger partial charge is 0.524 e. The standard InChI is InChI=1S/C16H19O4P/c1-16(2,3)14-10-6-4-8-12(14)13-9-5-7-11-15(13)20-21(17,18)19/h4-11H,1-3H3,(H2,17,18,19). The third-order valence-corrected chi connectivity index (χ3v) is 3.56. The maximum absolute atomic E-state index is 11.1. The van der Waals surface area contributed by atoms with Gasteiger partial charge >= 0.3 is 7.82 Å². The van der Waals surface area contributed by atoms with Gasteiger partial charge in [-0.1, -0.05) is 63.2 Å². The summed E-state index contributed by atoms with van der Waals surface area (Å²) >= 11 is 0. The summed E-state index contributed by atoms with van der Waals surface area (Å²) in [6, 6.07) is 14.7. The van der Waals surface area contributed by atoms with Crippen LogP contribution in [0.1, 0.15) is 26.3 Å². The molecule has 2 rings (SSSR count). The summed E-state index contributed by atoms with van der Waals surface area (Å²) in [5.74, 6) is 0.183. The van der Waals surface area contributed by atoms with Crippen LogP contribution in [-0.4, -0.2) is 9.79 Å². The van der Waals surface area contributed by atoms with Gasteiger partial charge in [-0.2, -0.15) is 0 Å². The van der Waals surface area contributed by atoms with Crippen LogP contribution >= 0.6 is 7.82 Å². The Labute approximate surface area is 124 Å². The van der Waals surface area contributed by atoms with Crippen LogP contribution in [0.25, 0.3) is 11.1 Å². The molecular formula is C16H19O4P. The van der Waals surface area contributed by atoms with Gasteiger partial charge in [0.2, 0.25) is 0 Å². The van der Waals surface area contributed by atoms with E-state index >= 15 is 0 Å². The van der Waals surface area contributed by atoms with E-state index in [1.807, 2.05) is 30.3 Å². The molecule has 2 N–H and O–H groups in total. The Bertz CT molecular complexity index is 683. The van der Waals surface area contributed by atoms with Crippen LogP contribution in [0.5, 0.6) is 5.75 Å². The number of hydrogen-bond donors (Lipinski definition) is 2. The topological polar surface area (TPSA) is 66.8 Å². The van der Waals surface area contributed by atoms with E-state index in [-0.39, 0.29) is 11.2 Å². The molecule has 0 spiro atoms. The molecule has 0 aromatic heterocycles. The van der Waals surface area contributed by atoms with Gasteiger partial charge in [0.25, 0.3) is 0 Å². The molecule has 2 aromatic carbocycles. The monoisotopic (exact) mass is 306 g/mol. The third kappa shape index (κ3) is 3.94. The van der Waals surface area contributed by atoms with Crippen LogP contribution in [0, 0.1) is 0 Å². The first-order valence-corrected chi connectivity index (χ1v) is 8.15. The molecule has 0 heterocycles. The van der Waals surface area contributed by atoms with Gasteiger partial charge in [0.1, 0.15) is 5.75 Å². The SMILES string of the molecule is CC(C)(C)c1ccccc1-c1ccccc1OP(=O)(O)O. The second-order valence-corrected chi connectivity index (χ2v) is 7.04. The summed E-state index contributed by atoms with van der Waals surface area (Å²) in [4.78, 5) is 18.1. The van der Waals surface area contributed by atoms with E-state index in [0.29, 0.717) is 5.56 Å². The fraction of sp³-hybridized carbons (Fsp3) is 0.250. The second kappa shape index (κ2) is 5.64. The van der Waals surface area contributed by atoms with E-state index in [1.165, 1.54) is 0 Å². The lowest BCUT2D eigenvalue weighted by atomic mass is 9.82. The van der Waals surface area contributed by atoms with Crippen molar-refractivity contribution in [2.24, 2.45) is 0 Å². The van der Waals surface area contributed by atoms with E-state index in [2.05, 4.69) is 20.8 Å². The molecule has 0 saturated carbocycles. The van der Waals surface area contributed by atoms with Gasteiger partial charge in [0.05, 0.1) is 0 Å². The molecule has 0 bridgehead atoms. The highest BCUT2D eigenvalue weighted by Gasteiger charge is 2.23. The van der Waals surface area contributed by atoms with Crippen LogP contribution in [-0.2, 0) is 9.98 Å². The lowest BCUT2D eigenvalue weighted by Gasteiger charge is -2.24. The molecule has 0 fully saturated rings.